The maximum Gasteiger partial charge on any atom is 0.282 e. The Balaban J connectivity index is 1.56. The summed E-state index contributed by atoms with van der Waals surface area (Å²) in [5.41, 5.74) is 3.90. The van der Waals surface area contributed by atoms with Gasteiger partial charge in [0.05, 0.1) is 18.5 Å². The lowest BCUT2D eigenvalue weighted by molar-refractivity contribution is 0.101. The normalized spacial score (nSPS) is 17.6. The summed E-state index contributed by atoms with van der Waals surface area (Å²) in [7, 11) is 0. The molecule has 5 rings (SSSR count). The van der Waals surface area contributed by atoms with E-state index in [-0.39, 0.29) is 17.8 Å². The van der Waals surface area contributed by atoms with E-state index in [0.717, 1.165) is 41.3 Å². The van der Waals surface area contributed by atoms with Gasteiger partial charge in [0.25, 0.3) is 12.3 Å². The number of anilines is 1. The van der Waals surface area contributed by atoms with E-state index >= 15 is 0 Å². The average Bonchev–Trinajstić information content (AvgIpc) is 3.51. The summed E-state index contributed by atoms with van der Waals surface area (Å²) in [6.45, 7) is 3.56. The third-order valence-electron chi connectivity index (χ3n) is 6.76. The lowest BCUT2D eigenvalue weighted by Crippen LogP contribution is -2.25. The first-order valence-corrected chi connectivity index (χ1v) is 12.4. The molecule has 37 heavy (non-hydrogen) atoms. The maximum atomic E-state index is 13.3. The number of amides is 1. The number of hydrogen-bond acceptors (Lipinski definition) is 4. The first-order valence-electron chi connectivity index (χ1n) is 12.4. The Morgan fingerprint density at radius 1 is 1.14 bits per heavy atom. The van der Waals surface area contributed by atoms with Crippen molar-refractivity contribution in [2.45, 2.75) is 57.7 Å². The number of nitrogens with one attached hydrogen (secondary N) is 1. The molecule has 0 fully saturated rings. The molecule has 2 atom stereocenters. The number of alkyl halides is 2. The van der Waals surface area contributed by atoms with Crippen molar-refractivity contribution in [2.75, 3.05) is 5.32 Å². The number of carbonyl (C=O) groups is 1. The highest BCUT2D eigenvalue weighted by Crippen LogP contribution is 2.38. The van der Waals surface area contributed by atoms with Gasteiger partial charge in [-0.15, -0.1) is 0 Å². The van der Waals surface area contributed by atoms with E-state index in [1.807, 2.05) is 53.2 Å². The van der Waals surface area contributed by atoms with Crippen LogP contribution in [-0.4, -0.2) is 36.4 Å². The Hall–Kier alpha value is -3.85. The number of aromatic nitrogens is 4. The quantitative estimate of drug-likeness (QED) is 0.347. The third-order valence-corrected chi connectivity index (χ3v) is 6.76. The van der Waals surface area contributed by atoms with Gasteiger partial charge in [-0.25, -0.2) is 13.8 Å². The standard InChI is InChI=1S/C28H29F2N5O2/c1-17(2)35-24(14-23(33-35)27(29)30)28(37)32-19-11-12-21(22(13-19)18-7-4-3-5-8-18)26-25(36)10-6-9-20-15-31-16-34(20)26/h3-5,7-8,11-17,25-27,36H,6,9-10H2,1-2H3,(H,32,37). The number of nitrogens with zero attached hydrogens (tertiary/aromatic N) is 4. The van der Waals surface area contributed by atoms with Crippen molar-refractivity contribution >= 4 is 11.6 Å². The van der Waals surface area contributed by atoms with Crippen molar-refractivity contribution in [3.8, 4) is 11.1 Å². The van der Waals surface area contributed by atoms with Gasteiger partial charge in [0, 0.05) is 23.6 Å². The number of imidazole rings is 1. The zero-order valence-corrected chi connectivity index (χ0v) is 20.7. The van der Waals surface area contributed by atoms with Crippen LogP contribution in [0.2, 0.25) is 0 Å². The minimum Gasteiger partial charge on any atom is -0.391 e. The van der Waals surface area contributed by atoms with Gasteiger partial charge in [0.2, 0.25) is 0 Å². The molecular weight excluding hydrogens is 476 g/mol. The van der Waals surface area contributed by atoms with E-state index in [2.05, 4.69) is 15.4 Å². The number of rotatable bonds is 6. The van der Waals surface area contributed by atoms with Crippen LogP contribution in [0, 0.1) is 0 Å². The summed E-state index contributed by atoms with van der Waals surface area (Å²) in [6.07, 6.45) is 2.58. The molecule has 0 aliphatic carbocycles. The number of aryl methyl sites for hydroxylation is 1. The van der Waals surface area contributed by atoms with Crippen LogP contribution in [0.4, 0.5) is 14.5 Å². The van der Waals surface area contributed by atoms with Gasteiger partial charge < -0.3 is 15.0 Å². The number of benzene rings is 2. The molecule has 0 bridgehead atoms. The van der Waals surface area contributed by atoms with Crippen molar-refractivity contribution in [3.63, 3.8) is 0 Å². The van der Waals surface area contributed by atoms with E-state index < -0.39 is 24.1 Å². The molecule has 1 aliphatic rings. The van der Waals surface area contributed by atoms with Crippen molar-refractivity contribution in [1.82, 2.24) is 19.3 Å². The smallest absolute Gasteiger partial charge is 0.282 e. The number of halogens is 2. The molecule has 0 saturated heterocycles. The highest BCUT2D eigenvalue weighted by atomic mass is 19.3. The van der Waals surface area contributed by atoms with Crippen molar-refractivity contribution < 1.29 is 18.7 Å². The van der Waals surface area contributed by atoms with Crippen molar-refractivity contribution in [1.29, 1.82) is 0 Å². The van der Waals surface area contributed by atoms with Crippen LogP contribution >= 0.6 is 0 Å². The predicted molar refractivity (Wildman–Crippen MR) is 137 cm³/mol. The third kappa shape index (κ3) is 4.91. The molecule has 0 spiro atoms. The summed E-state index contributed by atoms with van der Waals surface area (Å²) in [5, 5.41) is 17.9. The van der Waals surface area contributed by atoms with Crippen molar-refractivity contribution in [2.24, 2.45) is 0 Å². The summed E-state index contributed by atoms with van der Waals surface area (Å²) >= 11 is 0. The predicted octanol–water partition coefficient (Wildman–Crippen LogP) is 5.80. The Morgan fingerprint density at radius 2 is 1.92 bits per heavy atom. The Labute approximate surface area is 213 Å². The van der Waals surface area contributed by atoms with Crippen LogP contribution in [0.5, 0.6) is 0 Å². The molecule has 1 aliphatic heterocycles. The molecule has 2 aromatic heterocycles. The zero-order valence-electron chi connectivity index (χ0n) is 20.7. The molecule has 7 nitrogen and oxygen atoms in total. The van der Waals surface area contributed by atoms with E-state index in [0.29, 0.717) is 12.1 Å². The molecule has 2 N–H and O–H groups in total. The largest absolute Gasteiger partial charge is 0.391 e. The average molecular weight is 506 g/mol. The summed E-state index contributed by atoms with van der Waals surface area (Å²) in [6, 6.07) is 15.8. The molecular formula is C28H29F2N5O2. The molecule has 2 aromatic carbocycles. The van der Waals surface area contributed by atoms with Crippen LogP contribution in [-0.2, 0) is 6.42 Å². The van der Waals surface area contributed by atoms with Gasteiger partial charge >= 0.3 is 0 Å². The van der Waals surface area contributed by atoms with Crippen LogP contribution < -0.4 is 5.32 Å². The lowest BCUT2D eigenvalue weighted by Gasteiger charge is -2.27. The van der Waals surface area contributed by atoms with E-state index in [9.17, 15) is 18.7 Å². The van der Waals surface area contributed by atoms with Gasteiger partial charge in [0.1, 0.15) is 11.4 Å². The molecule has 2 unspecified atom stereocenters. The number of aliphatic hydroxyl groups is 1. The second-order valence-electron chi connectivity index (χ2n) is 9.61. The summed E-state index contributed by atoms with van der Waals surface area (Å²) in [4.78, 5) is 17.5. The number of aliphatic hydroxyl groups excluding tert-OH is 1. The number of fused-ring (bicyclic) bond motifs is 1. The maximum absolute atomic E-state index is 13.3. The number of carbonyl (C=O) groups excluding carboxylic acids is 1. The fraction of sp³-hybridized carbons (Fsp3) is 0.321. The van der Waals surface area contributed by atoms with Gasteiger partial charge in [-0.05, 0) is 68.0 Å². The molecule has 3 heterocycles. The van der Waals surface area contributed by atoms with Gasteiger partial charge in [-0.3, -0.25) is 9.48 Å². The van der Waals surface area contributed by atoms with E-state index in [1.165, 1.54) is 4.68 Å². The van der Waals surface area contributed by atoms with E-state index in [1.54, 1.807) is 26.2 Å². The lowest BCUT2D eigenvalue weighted by atomic mass is 9.90. The molecule has 1 amide bonds. The Bertz CT molecular complexity index is 1400. The van der Waals surface area contributed by atoms with E-state index in [4.69, 9.17) is 0 Å². The monoisotopic (exact) mass is 505 g/mol. The van der Waals surface area contributed by atoms with Gasteiger partial charge in [0.15, 0.2) is 0 Å². The summed E-state index contributed by atoms with van der Waals surface area (Å²) in [5.74, 6) is -0.522. The first kappa shape index (κ1) is 24.8. The molecule has 192 valence electrons. The fourth-order valence-electron chi connectivity index (χ4n) is 5.01. The van der Waals surface area contributed by atoms with Gasteiger partial charge in [-0.1, -0.05) is 36.4 Å². The fourth-order valence-corrected chi connectivity index (χ4v) is 5.01. The molecule has 0 radical (unpaired) electrons. The topological polar surface area (TPSA) is 85.0 Å². The zero-order chi connectivity index (χ0) is 26.1. The van der Waals surface area contributed by atoms with Crippen molar-refractivity contribution in [3.05, 3.63) is 89.8 Å². The van der Waals surface area contributed by atoms with Crippen LogP contribution in [0.25, 0.3) is 11.1 Å². The number of hydrogen-bond donors (Lipinski definition) is 2. The molecule has 9 heteroatoms. The Kier molecular flexibility index (Phi) is 6.88. The minimum absolute atomic E-state index is 0.0675. The Morgan fingerprint density at radius 3 is 2.65 bits per heavy atom. The van der Waals surface area contributed by atoms with Crippen LogP contribution in [0.1, 0.15) is 72.6 Å². The summed E-state index contributed by atoms with van der Waals surface area (Å²) < 4.78 is 29.9. The molecule has 0 saturated carbocycles. The highest BCUT2D eigenvalue weighted by Gasteiger charge is 2.30. The van der Waals surface area contributed by atoms with Crippen LogP contribution in [0.15, 0.2) is 67.1 Å². The minimum atomic E-state index is -2.77. The van der Waals surface area contributed by atoms with Gasteiger partial charge in [-0.2, -0.15) is 5.10 Å². The highest BCUT2D eigenvalue weighted by molar-refractivity contribution is 6.03. The SMILES string of the molecule is CC(C)n1nc(C(F)F)cc1C(=O)Nc1ccc(C2C(O)CCCc3cncn32)c(-c2ccccc2)c1. The van der Waals surface area contributed by atoms with Crippen LogP contribution in [0.3, 0.4) is 0 Å². The molecule has 4 aromatic rings. The second kappa shape index (κ2) is 10.3. The first-order chi connectivity index (χ1) is 17.8. The second-order valence-corrected chi connectivity index (χ2v) is 9.61.